The Morgan fingerprint density at radius 1 is 0.824 bits per heavy atom. The van der Waals surface area contributed by atoms with E-state index in [1.807, 2.05) is 0 Å². The number of anilines is 2. The number of hydrogen-bond acceptors (Lipinski definition) is 7. The van der Waals surface area contributed by atoms with Gasteiger partial charge in [-0.1, -0.05) is 0 Å². The normalized spacial score (nSPS) is 33.6. The third-order valence-corrected chi connectivity index (χ3v) is 9.40. The fraction of sp³-hybridized carbons (Fsp3) is 0.808. The minimum atomic E-state index is 0.218. The highest BCUT2D eigenvalue weighted by Crippen LogP contribution is 2.61. The van der Waals surface area contributed by atoms with E-state index in [2.05, 4.69) is 41.9 Å². The molecule has 1 N–H and O–H groups in total. The van der Waals surface area contributed by atoms with Crippen molar-refractivity contribution in [3.05, 3.63) is 12.1 Å². The van der Waals surface area contributed by atoms with Crippen molar-refractivity contribution in [3.63, 3.8) is 0 Å². The molecule has 0 aromatic carbocycles. The Morgan fingerprint density at radius 2 is 1.32 bits per heavy atom. The van der Waals surface area contributed by atoms with Crippen molar-refractivity contribution in [2.45, 2.75) is 44.9 Å². The average Bonchev–Trinajstić information content (AvgIpc) is 2.84. The first kappa shape index (κ1) is 22.5. The van der Waals surface area contributed by atoms with Crippen LogP contribution in [0.2, 0.25) is 0 Å². The summed E-state index contributed by atoms with van der Waals surface area (Å²) in [5.41, 5.74) is 0.327. The summed E-state index contributed by atoms with van der Waals surface area (Å²) in [4.78, 5) is 22.2. The summed E-state index contributed by atoms with van der Waals surface area (Å²) in [5.74, 6) is 4.95. The molecule has 0 spiro atoms. The predicted octanol–water partition coefficient (Wildman–Crippen LogP) is 1.85. The van der Waals surface area contributed by atoms with E-state index in [9.17, 15) is 4.79 Å². The Bertz CT molecular complexity index is 825. The van der Waals surface area contributed by atoms with Crippen LogP contribution in [0.5, 0.6) is 0 Å². The molecule has 34 heavy (non-hydrogen) atoms. The number of aliphatic hydroxyl groups excluding tert-OH is 1. The molecular weight excluding hydrogens is 428 g/mol. The monoisotopic (exact) mass is 468 g/mol. The summed E-state index contributed by atoms with van der Waals surface area (Å²) in [6, 6.07) is 4.16. The van der Waals surface area contributed by atoms with Gasteiger partial charge in [0.2, 0.25) is 5.91 Å². The fourth-order valence-electron chi connectivity index (χ4n) is 8.12. The van der Waals surface area contributed by atoms with Gasteiger partial charge < -0.3 is 19.8 Å². The molecule has 6 fully saturated rings. The molecule has 1 aromatic heterocycles. The van der Waals surface area contributed by atoms with Gasteiger partial charge in [0.1, 0.15) is 0 Å². The van der Waals surface area contributed by atoms with E-state index in [0.717, 1.165) is 94.7 Å². The molecule has 0 atom stereocenters. The van der Waals surface area contributed by atoms with E-state index in [0.29, 0.717) is 11.3 Å². The SMILES string of the molecule is O=C(CC12CC3CC(CC(C3)C1)C2)N1CCN(c2ccc(N3CCN(CCO)CC3)nn2)CC1. The molecule has 186 valence electrons. The van der Waals surface area contributed by atoms with Crippen molar-refractivity contribution in [3.8, 4) is 0 Å². The second kappa shape index (κ2) is 9.26. The van der Waals surface area contributed by atoms with Crippen LogP contribution >= 0.6 is 0 Å². The van der Waals surface area contributed by atoms with Gasteiger partial charge in [0, 0.05) is 65.3 Å². The Hall–Kier alpha value is -1.93. The lowest BCUT2D eigenvalue weighted by Gasteiger charge is -2.57. The lowest BCUT2D eigenvalue weighted by Crippen LogP contribution is -2.52. The summed E-state index contributed by atoms with van der Waals surface area (Å²) in [5, 5.41) is 18.2. The third kappa shape index (κ3) is 4.51. The minimum Gasteiger partial charge on any atom is -0.395 e. The van der Waals surface area contributed by atoms with Crippen LogP contribution in [0.3, 0.4) is 0 Å². The summed E-state index contributed by atoms with van der Waals surface area (Å²) >= 11 is 0. The Kier molecular flexibility index (Phi) is 6.14. The molecule has 6 aliphatic rings. The van der Waals surface area contributed by atoms with Gasteiger partial charge in [-0.05, 0) is 73.8 Å². The average molecular weight is 469 g/mol. The van der Waals surface area contributed by atoms with Gasteiger partial charge in [0.25, 0.3) is 0 Å². The summed E-state index contributed by atoms with van der Waals surface area (Å²) in [6.45, 7) is 7.94. The van der Waals surface area contributed by atoms with Crippen molar-refractivity contribution in [1.82, 2.24) is 20.0 Å². The molecule has 2 aliphatic heterocycles. The highest BCUT2D eigenvalue weighted by molar-refractivity contribution is 5.77. The number of aliphatic hydroxyl groups is 1. The topological polar surface area (TPSA) is 76.0 Å². The van der Waals surface area contributed by atoms with Gasteiger partial charge in [0.15, 0.2) is 11.6 Å². The lowest BCUT2D eigenvalue weighted by atomic mass is 9.49. The molecule has 1 aromatic rings. The second-order valence-electron chi connectivity index (χ2n) is 11.8. The molecular formula is C26H40N6O2. The van der Waals surface area contributed by atoms with E-state index >= 15 is 0 Å². The summed E-state index contributed by atoms with van der Waals surface area (Å²) in [6.07, 6.45) is 9.02. The Morgan fingerprint density at radius 3 is 1.79 bits per heavy atom. The predicted molar refractivity (Wildman–Crippen MR) is 132 cm³/mol. The van der Waals surface area contributed by atoms with Crippen LogP contribution in [0.25, 0.3) is 0 Å². The van der Waals surface area contributed by atoms with Crippen molar-refractivity contribution in [2.24, 2.45) is 23.2 Å². The molecule has 8 heteroatoms. The molecule has 3 heterocycles. The Labute approximate surface area is 203 Å². The van der Waals surface area contributed by atoms with Crippen LogP contribution in [-0.2, 0) is 4.79 Å². The van der Waals surface area contributed by atoms with E-state index in [1.54, 1.807) is 0 Å². The molecule has 4 saturated carbocycles. The van der Waals surface area contributed by atoms with E-state index < -0.39 is 0 Å². The Balaban J connectivity index is 0.997. The quantitative estimate of drug-likeness (QED) is 0.683. The first-order valence-electron chi connectivity index (χ1n) is 13.5. The number of nitrogens with zero attached hydrogens (tertiary/aromatic N) is 6. The summed E-state index contributed by atoms with van der Waals surface area (Å²) < 4.78 is 0. The fourth-order valence-corrected chi connectivity index (χ4v) is 8.12. The van der Waals surface area contributed by atoms with Crippen LogP contribution in [-0.4, -0.2) is 96.5 Å². The maximum atomic E-state index is 13.3. The van der Waals surface area contributed by atoms with Crippen molar-refractivity contribution >= 4 is 17.5 Å². The molecule has 7 rings (SSSR count). The zero-order chi connectivity index (χ0) is 23.1. The van der Waals surface area contributed by atoms with Crippen LogP contribution in [0.15, 0.2) is 12.1 Å². The maximum absolute atomic E-state index is 13.3. The second-order valence-corrected chi connectivity index (χ2v) is 11.8. The highest BCUT2D eigenvalue weighted by atomic mass is 16.3. The molecule has 2 saturated heterocycles. The van der Waals surface area contributed by atoms with Gasteiger partial charge in [-0.25, -0.2) is 0 Å². The minimum absolute atomic E-state index is 0.218. The van der Waals surface area contributed by atoms with Gasteiger partial charge in [-0.3, -0.25) is 9.69 Å². The number of carbonyl (C=O) groups is 1. The lowest BCUT2D eigenvalue weighted by molar-refractivity contribution is -0.139. The molecule has 4 bridgehead atoms. The zero-order valence-corrected chi connectivity index (χ0v) is 20.4. The number of β-amino-alcohol motifs (C(OH)–C–C–N with tert-alkyl or cyclic N) is 1. The number of hydrogen-bond donors (Lipinski definition) is 1. The molecule has 8 nitrogen and oxygen atoms in total. The number of aromatic nitrogens is 2. The number of carbonyl (C=O) groups excluding carboxylic acids is 1. The number of rotatable bonds is 6. The van der Waals surface area contributed by atoms with Crippen LogP contribution in [0.1, 0.15) is 44.9 Å². The maximum Gasteiger partial charge on any atom is 0.223 e. The van der Waals surface area contributed by atoms with Crippen LogP contribution in [0.4, 0.5) is 11.6 Å². The van der Waals surface area contributed by atoms with E-state index in [4.69, 9.17) is 5.11 Å². The zero-order valence-electron chi connectivity index (χ0n) is 20.4. The highest BCUT2D eigenvalue weighted by Gasteiger charge is 2.51. The van der Waals surface area contributed by atoms with Gasteiger partial charge >= 0.3 is 0 Å². The van der Waals surface area contributed by atoms with Crippen molar-refractivity contribution < 1.29 is 9.90 Å². The van der Waals surface area contributed by atoms with Gasteiger partial charge in [-0.15, -0.1) is 10.2 Å². The van der Waals surface area contributed by atoms with Crippen molar-refractivity contribution in [1.29, 1.82) is 0 Å². The van der Waals surface area contributed by atoms with Crippen LogP contribution in [0, 0.1) is 23.2 Å². The van der Waals surface area contributed by atoms with Gasteiger partial charge in [-0.2, -0.15) is 0 Å². The molecule has 4 aliphatic carbocycles. The third-order valence-electron chi connectivity index (χ3n) is 9.40. The van der Waals surface area contributed by atoms with Gasteiger partial charge in [0.05, 0.1) is 6.61 Å². The molecule has 0 radical (unpaired) electrons. The van der Waals surface area contributed by atoms with Crippen LogP contribution < -0.4 is 9.80 Å². The van der Waals surface area contributed by atoms with Crippen molar-refractivity contribution in [2.75, 3.05) is 75.3 Å². The first-order valence-corrected chi connectivity index (χ1v) is 13.5. The largest absolute Gasteiger partial charge is 0.395 e. The number of piperazine rings is 2. The van der Waals surface area contributed by atoms with E-state index in [-0.39, 0.29) is 6.61 Å². The first-order chi connectivity index (χ1) is 16.6. The molecule has 1 amide bonds. The number of amides is 1. The smallest absolute Gasteiger partial charge is 0.223 e. The van der Waals surface area contributed by atoms with E-state index in [1.165, 1.54) is 38.5 Å². The standard InChI is InChI=1S/C26H40N6O2/c33-12-11-29-3-5-30(6-4-29)23-1-2-24(28-27-23)31-7-9-32(10-8-31)25(34)19-26-16-20-13-21(17-26)15-22(14-20)18-26/h1-2,20-22,33H,3-19H2. The molecule has 0 unspecified atom stereocenters. The summed E-state index contributed by atoms with van der Waals surface area (Å²) in [7, 11) is 0.